The number of sulfonamides is 1. The normalized spacial score (nSPS) is 13.0. The van der Waals surface area contributed by atoms with E-state index in [0.717, 1.165) is 31.2 Å². The largest absolute Gasteiger partial charge is 0.417 e. The van der Waals surface area contributed by atoms with E-state index in [-0.39, 0.29) is 11.4 Å². The number of halogens is 3. The van der Waals surface area contributed by atoms with Crippen molar-refractivity contribution in [1.29, 1.82) is 0 Å². The molecule has 2 aromatic rings. The maximum Gasteiger partial charge on any atom is 0.417 e. The summed E-state index contributed by atoms with van der Waals surface area (Å²) < 4.78 is 65.8. The van der Waals surface area contributed by atoms with Gasteiger partial charge in [-0.1, -0.05) is 18.2 Å². The van der Waals surface area contributed by atoms with Crippen molar-refractivity contribution in [2.45, 2.75) is 31.0 Å². The standard InChI is InChI=1S/C17H16F3N3O5S/c1-10-7-8-12(9-14(10)23(25)26)21-16(24)11(2)22-29(27,28)15-6-4-3-5-13(15)17(18,19)20/h3-9,11,22H,1-2H3,(H,21,24). The van der Waals surface area contributed by atoms with Crippen molar-refractivity contribution in [3.05, 3.63) is 63.7 Å². The third-order valence-electron chi connectivity index (χ3n) is 3.88. The molecule has 0 aromatic heterocycles. The number of nitro benzene ring substituents is 1. The second kappa shape index (κ2) is 8.17. The highest BCUT2D eigenvalue weighted by molar-refractivity contribution is 7.89. The van der Waals surface area contributed by atoms with Crippen LogP contribution in [0.15, 0.2) is 47.4 Å². The van der Waals surface area contributed by atoms with Gasteiger partial charge in [0.25, 0.3) is 5.69 Å². The zero-order chi connectivity index (χ0) is 22.0. The Bertz CT molecular complexity index is 1050. The summed E-state index contributed by atoms with van der Waals surface area (Å²) in [7, 11) is -4.68. The number of amides is 1. The van der Waals surface area contributed by atoms with Gasteiger partial charge in [0, 0.05) is 17.3 Å². The molecule has 2 N–H and O–H groups in total. The number of alkyl halides is 3. The fourth-order valence-corrected chi connectivity index (χ4v) is 3.85. The van der Waals surface area contributed by atoms with Gasteiger partial charge in [0.05, 0.1) is 21.4 Å². The molecule has 0 saturated heterocycles. The van der Waals surface area contributed by atoms with Gasteiger partial charge in [-0.3, -0.25) is 14.9 Å². The first-order chi connectivity index (χ1) is 13.3. The Morgan fingerprint density at radius 2 is 1.79 bits per heavy atom. The molecule has 2 rings (SSSR count). The lowest BCUT2D eigenvalue weighted by Gasteiger charge is -2.17. The number of hydrogen-bond acceptors (Lipinski definition) is 5. The lowest BCUT2D eigenvalue weighted by Crippen LogP contribution is -2.42. The molecule has 1 amide bonds. The molecule has 8 nitrogen and oxygen atoms in total. The number of nitro groups is 1. The fraction of sp³-hybridized carbons (Fsp3) is 0.235. The number of aryl methyl sites for hydroxylation is 1. The molecule has 12 heteroatoms. The summed E-state index contributed by atoms with van der Waals surface area (Å²) in [6.45, 7) is 2.63. The second-order valence-electron chi connectivity index (χ2n) is 6.08. The Hall–Kier alpha value is -2.99. The number of hydrogen-bond donors (Lipinski definition) is 2. The van der Waals surface area contributed by atoms with Gasteiger partial charge in [-0.25, -0.2) is 8.42 Å². The SMILES string of the molecule is Cc1ccc(NC(=O)C(C)NS(=O)(=O)c2ccccc2C(F)(F)F)cc1[N+](=O)[O-]. The molecule has 0 bridgehead atoms. The van der Waals surface area contributed by atoms with Crippen LogP contribution in [0.3, 0.4) is 0 Å². The van der Waals surface area contributed by atoms with Crippen LogP contribution in [-0.2, 0) is 21.0 Å². The van der Waals surface area contributed by atoms with Crippen LogP contribution in [0.1, 0.15) is 18.1 Å². The van der Waals surface area contributed by atoms with Crippen molar-refractivity contribution in [2.75, 3.05) is 5.32 Å². The van der Waals surface area contributed by atoms with Crippen LogP contribution in [0, 0.1) is 17.0 Å². The van der Waals surface area contributed by atoms with Gasteiger partial charge in [0.15, 0.2) is 0 Å². The fourth-order valence-electron chi connectivity index (χ4n) is 2.42. The number of carbonyl (C=O) groups is 1. The van der Waals surface area contributed by atoms with Crippen LogP contribution in [0.25, 0.3) is 0 Å². The average molecular weight is 431 g/mol. The highest BCUT2D eigenvalue weighted by Gasteiger charge is 2.37. The molecule has 1 unspecified atom stereocenters. The number of nitrogens with zero attached hydrogens (tertiary/aromatic N) is 1. The molecule has 0 heterocycles. The minimum Gasteiger partial charge on any atom is -0.324 e. The number of benzene rings is 2. The Balaban J connectivity index is 2.22. The van der Waals surface area contributed by atoms with Gasteiger partial charge < -0.3 is 5.32 Å². The van der Waals surface area contributed by atoms with Crippen LogP contribution in [0.4, 0.5) is 24.5 Å². The van der Waals surface area contributed by atoms with Crippen LogP contribution in [0.2, 0.25) is 0 Å². The van der Waals surface area contributed by atoms with E-state index in [4.69, 9.17) is 0 Å². The second-order valence-corrected chi connectivity index (χ2v) is 7.77. The van der Waals surface area contributed by atoms with Gasteiger partial charge in [0.2, 0.25) is 15.9 Å². The summed E-state index contributed by atoms with van der Waals surface area (Å²) >= 11 is 0. The van der Waals surface area contributed by atoms with E-state index >= 15 is 0 Å². The first-order valence-corrected chi connectivity index (χ1v) is 9.55. The first kappa shape index (κ1) is 22.3. The van der Waals surface area contributed by atoms with E-state index in [1.807, 2.05) is 4.72 Å². The average Bonchev–Trinajstić information content (AvgIpc) is 2.62. The summed E-state index contributed by atoms with van der Waals surface area (Å²) in [5.74, 6) is -0.906. The van der Waals surface area contributed by atoms with E-state index in [2.05, 4.69) is 5.32 Å². The number of carbonyl (C=O) groups excluding carboxylic acids is 1. The lowest BCUT2D eigenvalue weighted by molar-refractivity contribution is -0.385. The molecule has 0 aliphatic carbocycles. The summed E-state index contributed by atoms with van der Waals surface area (Å²) in [6, 6.07) is 5.96. The summed E-state index contributed by atoms with van der Waals surface area (Å²) in [6.07, 6.45) is -4.91. The van der Waals surface area contributed by atoms with Crippen molar-refractivity contribution in [3.63, 3.8) is 0 Å². The smallest absolute Gasteiger partial charge is 0.324 e. The van der Waals surface area contributed by atoms with Gasteiger partial charge in [-0.2, -0.15) is 17.9 Å². The number of anilines is 1. The number of rotatable bonds is 6. The van der Waals surface area contributed by atoms with Crippen LogP contribution < -0.4 is 10.0 Å². The molecule has 2 aromatic carbocycles. The molecule has 0 fully saturated rings. The highest BCUT2D eigenvalue weighted by atomic mass is 32.2. The third-order valence-corrected chi connectivity index (χ3v) is 5.48. The molecular weight excluding hydrogens is 415 g/mol. The Labute approximate surface area is 163 Å². The molecule has 1 atom stereocenters. The Morgan fingerprint density at radius 1 is 1.17 bits per heavy atom. The van der Waals surface area contributed by atoms with E-state index in [1.165, 1.54) is 19.1 Å². The first-order valence-electron chi connectivity index (χ1n) is 8.07. The van der Waals surface area contributed by atoms with E-state index in [0.29, 0.717) is 11.6 Å². The van der Waals surface area contributed by atoms with E-state index in [9.17, 15) is 36.5 Å². The molecular formula is C17H16F3N3O5S. The summed E-state index contributed by atoms with van der Waals surface area (Å²) in [4.78, 5) is 21.5. The molecule has 29 heavy (non-hydrogen) atoms. The van der Waals surface area contributed by atoms with Gasteiger partial charge in [0.1, 0.15) is 0 Å². The Kier molecular flexibility index (Phi) is 6.28. The molecule has 0 spiro atoms. The van der Waals surface area contributed by atoms with Crippen molar-refractivity contribution < 1.29 is 31.3 Å². The quantitative estimate of drug-likeness (QED) is 0.538. The predicted molar refractivity (Wildman–Crippen MR) is 97.7 cm³/mol. The van der Waals surface area contributed by atoms with Crippen LogP contribution in [0.5, 0.6) is 0 Å². The topological polar surface area (TPSA) is 118 Å². The van der Waals surface area contributed by atoms with Crippen LogP contribution >= 0.6 is 0 Å². The Morgan fingerprint density at radius 3 is 2.38 bits per heavy atom. The lowest BCUT2D eigenvalue weighted by atomic mass is 10.2. The van der Waals surface area contributed by atoms with E-state index < -0.39 is 43.5 Å². The minimum absolute atomic E-state index is 0.0361. The van der Waals surface area contributed by atoms with Gasteiger partial charge >= 0.3 is 6.18 Å². The highest BCUT2D eigenvalue weighted by Crippen LogP contribution is 2.34. The summed E-state index contributed by atoms with van der Waals surface area (Å²) in [5, 5.41) is 13.3. The maximum absolute atomic E-state index is 13.1. The molecule has 0 aliphatic rings. The van der Waals surface area contributed by atoms with E-state index in [1.54, 1.807) is 0 Å². The zero-order valence-corrected chi connectivity index (χ0v) is 16.0. The monoisotopic (exact) mass is 431 g/mol. The summed E-state index contributed by atoms with van der Waals surface area (Å²) in [5.41, 5.74) is -1.23. The minimum atomic E-state index is -4.91. The maximum atomic E-state index is 13.1. The van der Waals surface area contributed by atoms with Crippen molar-refractivity contribution in [1.82, 2.24) is 4.72 Å². The third kappa shape index (κ3) is 5.29. The van der Waals surface area contributed by atoms with Crippen molar-refractivity contribution in [2.24, 2.45) is 0 Å². The molecule has 156 valence electrons. The predicted octanol–water partition coefficient (Wildman–Crippen LogP) is 3.23. The molecule has 0 saturated carbocycles. The molecule has 0 radical (unpaired) electrons. The van der Waals surface area contributed by atoms with Crippen molar-refractivity contribution >= 4 is 27.3 Å². The molecule has 0 aliphatic heterocycles. The number of nitrogens with one attached hydrogen (secondary N) is 2. The zero-order valence-electron chi connectivity index (χ0n) is 15.1. The van der Waals surface area contributed by atoms with Gasteiger partial charge in [-0.05, 0) is 32.0 Å². The van der Waals surface area contributed by atoms with Gasteiger partial charge in [-0.15, -0.1) is 0 Å². The van der Waals surface area contributed by atoms with Crippen molar-refractivity contribution in [3.8, 4) is 0 Å². The van der Waals surface area contributed by atoms with Crippen LogP contribution in [-0.4, -0.2) is 25.3 Å².